The zero-order valence-corrected chi connectivity index (χ0v) is 14.7. The van der Waals surface area contributed by atoms with Crippen LogP contribution in [-0.4, -0.2) is 34.0 Å². The number of carbonyl (C=O) groups excluding carboxylic acids is 1. The molecule has 0 aliphatic carbocycles. The highest BCUT2D eigenvalue weighted by molar-refractivity contribution is 6.04. The molecule has 124 valence electrons. The lowest BCUT2D eigenvalue weighted by atomic mass is 10.1. The second kappa shape index (κ2) is 8.16. The Balaban J connectivity index is 1.96. The van der Waals surface area contributed by atoms with Gasteiger partial charge in [-0.1, -0.05) is 30.4 Å². The van der Waals surface area contributed by atoms with E-state index in [0.29, 0.717) is 5.56 Å². The molecule has 2 rings (SSSR count). The minimum Gasteiger partial charge on any atom is -0.378 e. The van der Waals surface area contributed by atoms with Crippen LogP contribution < -0.4 is 9.80 Å². The van der Waals surface area contributed by atoms with Gasteiger partial charge < -0.3 is 9.80 Å². The fourth-order valence-electron chi connectivity index (χ4n) is 2.21. The Bertz CT molecular complexity index is 723. The van der Waals surface area contributed by atoms with Gasteiger partial charge in [0.2, 0.25) is 0 Å². The summed E-state index contributed by atoms with van der Waals surface area (Å²) in [6.45, 7) is 0. The van der Waals surface area contributed by atoms with Crippen LogP contribution in [0.5, 0.6) is 0 Å². The van der Waals surface area contributed by atoms with Crippen molar-refractivity contribution in [2.45, 2.75) is 0 Å². The zero-order chi connectivity index (χ0) is 17.5. The van der Waals surface area contributed by atoms with Gasteiger partial charge in [0.25, 0.3) is 0 Å². The maximum atomic E-state index is 12.1. The summed E-state index contributed by atoms with van der Waals surface area (Å²) >= 11 is 0. The molecule has 0 aromatic heterocycles. The predicted octanol–water partition coefficient (Wildman–Crippen LogP) is 4.27. The van der Waals surface area contributed by atoms with Crippen molar-refractivity contribution in [3.8, 4) is 0 Å². The molecule has 0 saturated carbocycles. The summed E-state index contributed by atoms with van der Waals surface area (Å²) in [5.74, 6) is 0.00733. The molecule has 0 unspecified atom stereocenters. The molecule has 0 saturated heterocycles. The van der Waals surface area contributed by atoms with Crippen LogP contribution in [0.25, 0.3) is 6.08 Å². The van der Waals surface area contributed by atoms with Gasteiger partial charge in [-0.25, -0.2) is 0 Å². The normalized spacial score (nSPS) is 11.2. The zero-order valence-electron chi connectivity index (χ0n) is 14.7. The first kappa shape index (κ1) is 17.5. The third kappa shape index (κ3) is 4.85. The van der Waals surface area contributed by atoms with Gasteiger partial charge in [0.05, 0.1) is 0 Å². The lowest BCUT2D eigenvalue weighted by molar-refractivity contribution is 0.104. The number of carbonyl (C=O) groups is 1. The Kier molecular flexibility index (Phi) is 5.96. The van der Waals surface area contributed by atoms with E-state index in [4.69, 9.17) is 0 Å². The average molecular weight is 320 g/mol. The second-order valence-electron chi connectivity index (χ2n) is 6.01. The Hall–Kier alpha value is -2.81. The standard InChI is InChI=1S/C21H24N2O/c1-22(2)19-13-9-17(10-14-19)7-5-6-8-21(24)18-11-15-20(16-12-18)23(3)4/h5-16H,1-4H3. The highest BCUT2D eigenvalue weighted by Crippen LogP contribution is 2.14. The highest BCUT2D eigenvalue weighted by Gasteiger charge is 2.01. The van der Waals surface area contributed by atoms with Crippen LogP contribution in [0, 0.1) is 0 Å². The Morgan fingerprint density at radius 2 is 1.25 bits per heavy atom. The van der Waals surface area contributed by atoms with Crippen molar-refractivity contribution in [2.24, 2.45) is 0 Å². The highest BCUT2D eigenvalue weighted by atomic mass is 16.1. The SMILES string of the molecule is CN(C)c1ccc(C=CC=CC(=O)c2ccc(N(C)C)cc2)cc1. The van der Waals surface area contributed by atoms with E-state index in [-0.39, 0.29) is 5.78 Å². The van der Waals surface area contributed by atoms with Crippen molar-refractivity contribution >= 4 is 23.2 Å². The van der Waals surface area contributed by atoms with Gasteiger partial charge in [-0.05, 0) is 48.0 Å². The van der Waals surface area contributed by atoms with E-state index < -0.39 is 0 Å². The first-order valence-electron chi connectivity index (χ1n) is 7.91. The quantitative estimate of drug-likeness (QED) is 0.451. The van der Waals surface area contributed by atoms with Crippen molar-refractivity contribution in [1.29, 1.82) is 0 Å². The molecule has 0 radical (unpaired) electrons. The van der Waals surface area contributed by atoms with Crippen LogP contribution in [0.2, 0.25) is 0 Å². The van der Waals surface area contributed by atoms with Crippen LogP contribution in [0.3, 0.4) is 0 Å². The molecule has 24 heavy (non-hydrogen) atoms. The summed E-state index contributed by atoms with van der Waals surface area (Å²) in [6.07, 6.45) is 7.24. The van der Waals surface area contributed by atoms with Crippen LogP contribution in [0.1, 0.15) is 15.9 Å². The van der Waals surface area contributed by atoms with Gasteiger partial charge in [0, 0.05) is 45.1 Å². The molecule has 0 aliphatic heterocycles. The molecule has 0 atom stereocenters. The molecule has 3 nitrogen and oxygen atoms in total. The van der Waals surface area contributed by atoms with E-state index in [1.54, 1.807) is 12.2 Å². The Morgan fingerprint density at radius 3 is 1.75 bits per heavy atom. The maximum Gasteiger partial charge on any atom is 0.185 e. The number of ketones is 1. The first-order chi connectivity index (χ1) is 11.5. The number of benzene rings is 2. The molecule has 2 aromatic rings. The van der Waals surface area contributed by atoms with Gasteiger partial charge in [0.1, 0.15) is 0 Å². The Morgan fingerprint density at radius 1 is 0.750 bits per heavy atom. The third-order valence-corrected chi connectivity index (χ3v) is 3.73. The average Bonchev–Trinajstić information content (AvgIpc) is 2.59. The third-order valence-electron chi connectivity index (χ3n) is 3.73. The van der Waals surface area contributed by atoms with Crippen LogP contribution in [0.4, 0.5) is 11.4 Å². The summed E-state index contributed by atoms with van der Waals surface area (Å²) < 4.78 is 0. The van der Waals surface area contributed by atoms with Crippen molar-refractivity contribution in [1.82, 2.24) is 0 Å². The van der Waals surface area contributed by atoms with Crippen LogP contribution in [-0.2, 0) is 0 Å². The van der Waals surface area contributed by atoms with Crippen molar-refractivity contribution in [2.75, 3.05) is 38.0 Å². The molecular formula is C21H24N2O. The van der Waals surface area contributed by atoms with Gasteiger partial charge in [-0.3, -0.25) is 4.79 Å². The van der Waals surface area contributed by atoms with E-state index in [1.165, 1.54) is 5.69 Å². The summed E-state index contributed by atoms with van der Waals surface area (Å²) in [6, 6.07) is 15.9. The summed E-state index contributed by atoms with van der Waals surface area (Å²) in [4.78, 5) is 16.2. The van der Waals surface area contributed by atoms with Gasteiger partial charge in [-0.2, -0.15) is 0 Å². The summed E-state index contributed by atoms with van der Waals surface area (Å²) in [5, 5.41) is 0. The Labute approximate surface area is 144 Å². The molecule has 0 amide bonds. The predicted molar refractivity (Wildman–Crippen MR) is 104 cm³/mol. The second-order valence-corrected chi connectivity index (χ2v) is 6.01. The molecule has 2 aromatic carbocycles. The van der Waals surface area contributed by atoms with Crippen LogP contribution >= 0.6 is 0 Å². The fraction of sp³-hybridized carbons (Fsp3) is 0.190. The van der Waals surface area contributed by atoms with E-state index in [1.807, 2.05) is 69.5 Å². The van der Waals surface area contributed by atoms with E-state index in [9.17, 15) is 4.79 Å². The van der Waals surface area contributed by atoms with Crippen LogP contribution in [0.15, 0.2) is 66.8 Å². The maximum absolute atomic E-state index is 12.1. The number of nitrogens with zero attached hydrogens (tertiary/aromatic N) is 2. The number of rotatable bonds is 6. The van der Waals surface area contributed by atoms with E-state index >= 15 is 0 Å². The minimum atomic E-state index is 0.00733. The minimum absolute atomic E-state index is 0.00733. The molecule has 0 fully saturated rings. The number of anilines is 2. The fourth-order valence-corrected chi connectivity index (χ4v) is 2.21. The summed E-state index contributed by atoms with van der Waals surface area (Å²) in [5.41, 5.74) is 4.05. The number of allylic oxidation sites excluding steroid dienone is 3. The smallest absolute Gasteiger partial charge is 0.185 e. The molecule has 0 spiro atoms. The van der Waals surface area contributed by atoms with Crippen molar-refractivity contribution < 1.29 is 4.79 Å². The molecule has 0 bridgehead atoms. The molecular weight excluding hydrogens is 296 g/mol. The monoisotopic (exact) mass is 320 g/mol. The van der Waals surface area contributed by atoms with Gasteiger partial charge in [-0.15, -0.1) is 0 Å². The molecule has 0 heterocycles. The first-order valence-corrected chi connectivity index (χ1v) is 7.91. The topological polar surface area (TPSA) is 23.6 Å². The van der Waals surface area contributed by atoms with Gasteiger partial charge in [0.15, 0.2) is 5.78 Å². The van der Waals surface area contributed by atoms with E-state index in [0.717, 1.165) is 11.3 Å². The van der Waals surface area contributed by atoms with Gasteiger partial charge >= 0.3 is 0 Å². The number of hydrogen-bond donors (Lipinski definition) is 0. The molecule has 0 N–H and O–H groups in total. The van der Waals surface area contributed by atoms with Crippen molar-refractivity contribution in [3.05, 3.63) is 77.9 Å². The largest absolute Gasteiger partial charge is 0.378 e. The van der Waals surface area contributed by atoms with E-state index in [2.05, 4.69) is 29.2 Å². The summed E-state index contributed by atoms with van der Waals surface area (Å²) in [7, 11) is 7.99. The lowest BCUT2D eigenvalue weighted by Gasteiger charge is -2.11. The lowest BCUT2D eigenvalue weighted by Crippen LogP contribution is -2.08. The molecule has 0 aliphatic rings. The van der Waals surface area contributed by atoms with Crippen molar-refractivity contribution in [3.63, 3.8) is 0 Å². The molecule has 3 heteroatoms. The number of hydrogen-bond acceptors (Lipinski definition) is 3.